The van der Waals surface area contributed by atoms with Gasteiger partial charge in [-0.2, -0.15) is 0 Å². The smallest absolute Gasteiger partial charge is 0.315 e. The van der Waals surface area contributed by atoms with Crippen LogP contribution < -0.4 is 21.7 Å². The van der Waals surface area contributed by atoms with Gasteiger partial charge in [-0.3, -0.25) is 24.2 Å². The molecule has 246 valence electrons. The molecule has 1 aromatic heterocycles. The maximum atomic E-state index is 14.4. The average Bonchev–Trinajstić information content (AvgIpc) is 3.82. The van der Waals surface area contributed by atoms with Crippen molar-refractivity contribution >= 4 is 29.5 Å². The lowest BCUT2D eigenvalue weighted by molar-refractivity contribution is -0.145. The Morgan fingerprint density at radius 2 is 1.76 bits per heavy atom. The topological polar surface area (TPSA) is 164 Å². The van der Waals surface area contributed by atoms with Crippen LogP contribution in [0.15, 0.2) is 24.5 Å². The standard InChI is InChI=1S/C34H50N6O5/c1-32(2,3)27(38-31(45)39-34(13-7-6-8-14-34)17-21-10-9-15-36-18-21)30(44)40-19-22-24(33(22,4)5)25(40)29(43)37-23(16-20-11-12-20)26(41)28(35)42/h9-10,15,18,20,22-25,27H,6-8,11-14,16-17,19H2,1-5H3,(H2,35,42)(H,37,43)(H2,38,39,45)/t22-,23?,24-,25-,27+/m0/s1. The van der Waals surface area contributed by atoms with Gasteiger partial charge in [-0.15, -0.1) is 0 Å². The Kier molecular flexibility index (Phi) is 9.03. The van der Waals surface area contributed by atoms with Gasteiger partial charge in [0, 0.05) is 24.5 Å². The zero-order valence-electron chi connectivity index (χ0n) is 27.4. The zero-order valence-corrected chi connectivity index (χ0v) is 27.4. The molecule has 0 spiro atoms. The van der Waals surface area contributed by atoms with Crippen LogP contribution in [0.5, 0.6) is 0 Å². The number of primary amides is 1. The van der Waals surface area contributed by atoms with Crippen molar-refractivity contribution in [2.24, 2.45) is 34.3 Å². The number of ketones is 1. The minimum atomic E-state index is -1.08. The van der Waals surface area contributed by atoms with Crippen LogP contribution in [-0.2, 0) is 25.6 Å². The second-order valence-corrected chi connectivity index (χ2v) is 15.6. The van der Waals surface area contributed by atoms with E-state index in [0.29, 0.717) is 19.4 Å². The minimum Gasteiger partial charge on any atom is -0.363 e. The summed E-state index contributed by atoms with van der Waals surface area (Å²) in [5.74, 6) is -2.37. The molecule has 45 heavy (non-hydrogen) atoms. The molecule has 11 heteroatoms. The number of carbonyl (C=O) groups excluding carboxylic acids is 5. The van der Waals surface area contributed by atoms with Gasteiger partial charge in [0.1, 0.15) is 12.1 Å². The van der Waals surface area contributed by atoms with E-state index in [1.165, 1.54) is 0 Å². The van der Waals surface area contributed by atoms with Crippen LogP contribution in [0.2, 0.25) is 0 Å². The van der Waals surface area contributed by atoms with Crippen LogP contribution >= 0.6 is 0 Å². The summed E-state index contributed by atoms with van der Waals surface area (Å²) in [6, 6.07) is 0.784. The molecule has 0 bridgehead atoms. The summed E-state index contributed by atoms with van der Waals surface area (Å²) in [6.45, 7) is 10.2. The van der Waals surface area contributed by atoms with Crippen LogP contribution in [0, 0.1) is 28.6 Å². The first-order valence-corrected chi connectivity index (χ1v) is 16.5. The van der Waals surface area contributed by atoms with Crippen LogP contribution in [0.1, 0.15) is 91.5 Å². The van der Waals surface area contributed by atoms with Gasteiger partial charge in [0.15, 0.2) is 0 Å². The highest BCUT2D eigenvalue weighted by molar-refractivity contribution is 6.37. The number of carbonyl (C=O) groups is 5. The Labute approximate surface area is 266 Å². The fourth-order valence-electron chi connectivity index (χ4n) is 7.85. The number of rotatable bonds is 11. The molecule has 0 radical (unpaired) electrons. The molecule has 3 saturated carbocycles. The molecule has 1 unspecified atom stereocenters. The Morgan fingerprint density at radius 3 is 2.33 bits per heavy atom. The van der Waals surface area contributed by atoms with Gasteiger partial charge in [0.25, 0.3) is 5.91 Å². The fourth-order valence-corrected chi connectivity index (χ4v) is 7.85. The highest BCUT2D eigenvalue weighted by atomic mass is 16.2. The summed E-state index contributed by atoms with van der Waals surface area (Å²) >= 11 is 0. The van der Waals surface area contributed by atoms with E-state index >= 15 is 0 Å². The van der Waals surface area contributed by atoms with Gasteiger partial charge >= 0.3 is 6.03 Å². The summed E-state index contributed by atoms with van der Waals surface area (Å²) in [5, 5.41) is 9.07. The average molecular weight is 623 g/mol. The number of fused-ring (bicyclic) bond motifs is 1. The maximum Gasteiger partial charge on any atom is 0.315 e. The lowest BCUT2D eigenvalue weighted by Crippen LogP contribution is -2.63. The highest BCUT2D eigenvalue weighted by Gasteiger charge is 2.70. The van der Waals surface area contributed by atoms with E-state index in [1.807, 2.05) is 39.1 Å². The molecule has 0 aromatic carbocycles. The quantitative estimate of drug-likeness (QED) is 0.277. The van der Waals surface area contributed by atoms with Gasteiger partial charge in [-0.1, -0.05) is 72.8 Å². The molecular weight excluding hydrogens is 572 g/mol. The molecule has 3 aliphatic carbocycles. The monoisotopic (exact) mass is 622 g/mol. The maximum absolute atomic E-state index is 14.4. The van der Waals surface area contributed by atoms with Crippen molar-refractivity contribution in [1.82, 2.24) is 25.8 Å². The number of aromatic nitrogens is 1. The number of amides is 5. The van der Waals surface area contributed by atoms with Crippen molar-refractivity contribution in [3.05, 3.63) is 30.1 Å². The van der Waals surface area contributed by atoms with Crippen molar-refractivity contribution in [3.8, 4) is 0 Å². The van der Waals surface area contributed by atoms with E-state index < -0.39 is 52.7 Å². The third kappa shape index (κ3) is 7.17. The SMILES string of the molecule is CC(C)(C)[C@H](NC(=O)NC1(Cc2cccnc2)CCCCC1)C(=O)N1C[C@H]2[C@@H]([C@H]1C(=O)NC(CC1CC1)C(=O)C(N)=O)C2(C)C. The number of hydrogen-bond donors (Lipinski definition) is 4. The first kappa shape index (κ1) is 32.9. The van der Waals surface area contributed by atoms with Crippen LogP contribution in [0.3, 0.4) is 0 Å². The van der Waals surface area contributed by atoms with E-state index in [-0.39, 0.29) is 29.1 Å². The van der Waals surface area contributed by atoms with E-state index in [0.717, 1.165) is 50.5 Å². The molecule has 1 aromatic rings. The summed E-state index contributed by atoms with van der Waals surface area (Å²) in [5.41, 5.74) is 5.11. The number of nitrogens with zero attached hydrogens (tertiary/aromatic N) is 2. The number of Topliss-reactive ketones (excluding diaryl/α,β-unsaturated/α-hetero) is 1. The molecule has 5 amide bonds. The summed E-state index contributed by atoms with van der Waals surface area (Å²) in [6.07, 6.45) is 11.3. The van der Waals surface area contributed by atoms with Gasteiger partial charge in [0.2, 0.25) is 17.6 Å². The molecular formula is C34H50N6O5. The molecule has 1 aliphatic heterocycles. The number of hydrogen-bond acceptors (Lipinski definition) is 6. The molecule has 5 atom stereocenters. The molecule has 11 nitrogen and oxygen atoms in total. The number of piperidine rings is 1. The van der Waals surface area contributed by atoms with Crippen molar-refractivity contribution in [3.63, 3.8) is 0 Å². The number of likely N-dealkylation sites (tertiary alicyclic amines) is 1. The Bertz CT molecular complexity index is 1310. The van der Waals surface area contributed by atoms with E-state index in [4.69, 9.17) is 5.73 Å². The van der Waals surface area contributed by atoms with Gasteiger partial charge in [-0.25, -0.2) is 4.79 Å². The Morgan fingerprint density at radius 1 is 1.07 bits per heavy atom. The summed E-state index contributed by atoms with van der Waals surface area (Å²) < 4.78 is 0. The number of pyridine rings is 1. The summed E-state index contributed by atoms with van der Waals surface area (Å²) in [4.78, 5) is 72.2. The minimum absolute atomic E-state index is 0.0915. The van der Waals surface area contributed by atoms with E-state index in [1.54, 1.807) is 11.1 Å². The third-order valence-electron chi connectivity index (χ3n) is 10.7. The third-order valence-corrected chi connectivity index (χ3v) is 10.7. The predicted octanol–water partition coefficient (Wildman–Crippen LogP) is 2.86. The normalized spacial score (nSPS) is 26.2. The van der Waals surface area contributed by atoms with Crippen molar-refractivity contribution < 1.29 is 24.0 Å². The molecule has 4 fully saturated rings. The van der Waals surface area contributed by atoms with Crippen molar-refractivity contribution in [2.45, 2.75) is 116 Å². The van der Waals surface area contributed by atoms with E-state index in [9.17, 15) is 24.0 Å². The lowest BCUT2D eigenvalue weighted by atomic mass is 9.77. The predicted molar refractivity (Wildman–Crippen MR) is 168 cm³/mol. The Balaban J connectivity index is 1.33. The van der Waals surface area contributed by atoms with Crippen molar-refractivity contribution in [2.75, 3.05) is 6.54 Å². The van der Waals surface area contributed by atoms with Crippen LogP contribution in [-0.4, -0.2) is 69.6 Å². The molecule has 5 N–H and O–H groups in total. The first-order chi connectivity index (χ1) is 21.1. The molecule has 5 rings (SSSR count). The van der Waals surface area contributed by atoms with Crippen LogP contribution in [0.4, 0.5) is 4.79 Å². The number of nitrogens with two attached hydrogens (primary N) is 1. The number of nitrogens with one attached hydrogen (secondary N) is 3. The Hall–Kier alpha value is -3.50. The van der Waals surface area contributed by atoms with Crippen molar-refractivity contribution in [1.29, 1.82) is 0 Å². The van der Waals surface area contributed by atoms with Gasteiger partial charge in [0.05, 0.1) is 6.04 Å². The first-order valence-electron chi connectivity index (χ1n) is 16.5. The van der Waals surface area contributed by atoms with Gasteiger partial charge in [-0.05, 0) is 65.9 Å². The lowest BCUT2D eigenvalue weighted by Gasteiger charge is -2.41. The second kappa shape index (κ2) is 12.4. The largest absolute Gasteiger partial charge is 0.363 e. The summed E-state index contributed by atoms with van der Waals surface area (Å²) in [7, 11) is 0. The van der Waals surface area contributed by atoms with Crippen LogP contribution in [0.25, 0.3) is 0 Å². The fraction of sp³-hybridized carbons (Fsp3) is 0.706. The molecule has 4 aliphatic rings. The second-order valence-electron chi connectivity index (χ2n) is 15.6. The highest BCUT2D eigenvalue weighted by Crippen LogP contribution is 2.65. The zero-order chi connectivity index (χ0) is 32.7. The van der Waals surface area contributed by atoms with E-state index in [2.05, 4.69) is 34.8 Å². The molecule has 2 heterocycles. The molecule has 1 saturated heterocycles. The number of urea groups is 1. The van der Waals surface area contributed by atoms with Gasteiger partial charge < -0.3 is 26.6 Å².